The zero-order valence-corrected chi connectivity index (χ0v) is 11.0. The van der Waals surface area contributed by atoms with Crippen LogP contribution in [0.4, 0.5) is 0 Å². The van der Waals surface area contributed by atoms with Gasteiger partial charge in [0.25, 0.3) is 0 Å². The van der Waals surface area contributed by atoms with Crippen LogP contribution in [-0.4, -0.2) is 42.1 Å². The Hall–Kier alpha value is -1.46. The molecule has 0 aliphatic heterocycles. The molecule has 1 aromatic rings. The lowest BCUT2D eigenvalue weighted by atomic mass is 10.2. The van der Waals surface area contributed by atoms with Gasteiger partial charge in [0.1, 0.15) is 0 Å². The molecule has 1 atom stereocenters. The number of hydrogen-bond donors (Lipinski definition) is 1. The van der Waals surface area contributed by atoms with E-state index >= 15 is 0 Å². The monoisotopic (exact) mass is 251 g/mol. The normalized spacial score (nSPS) is 12.2. The van der Waals surface area contributed by atoms with E-state index in [4.69, 9.17) is 10.5 Å². The number of ether oxygens (including phenoxy) is 1. The van der Waals surface area contributed by atoms with Gasteiger partial charge in [-0.15, -0.1) is 0 Å². The minimum absolute atomic E-state index is 0.0303. The van der Waals surface area contributed by atoms with Crippen LogP contribution in [0.3, 0.4) is 0 Å². The molecule has 0 radical (unpaired) electrons. The van der Waals surface area contributed by atoms with Crippen molar-refractivity contribution in [3.63, 3.8) is 0 Å². The lowest BCUT2D eigenvalue weighted by Crippen LogP contribution is -2.33. The first kappa shape index (κ1) is 14.6. The summed E-state index contributed by atoms with van der Waals surface area (Å²) in [5.74, 6) is 0.0303. The molecule has 100 valence electrons. The molecule has 1 aromatic heterocycles. The number of nitrogens with zero attached hydrogens (tertiary/aromatic N) is 2. The Bertz CT molecular complexity index is 357. The number of aromatic nitrogens is 1. The van der Waals surface area contributed by atoms with Crippen molar-refractivity contribution in [2.75, 3.05) is 20.2 Å². The number of hydrogen-bond acceptors (Lipinski definition) is 4. The van der Waals surface area contributed by atoms with Gasteiger partial charge in [-0.25, -0.2) is 0 Å². The van der Waals surface area contributed by atoms with Gasteiger partial charge in [-0.3, -0.25) is 9.78 Å². The van der Waals surface area contributed by atoms with Crippen molar-refractivity contribution in [1.29, 1.82) is 0 Å². The third-order valence-corrected chi connectivity index (χ3v) is 2.64. The first-order chi connectivity index (χ1) is 8.67. The highest BCUT2D eigenvalue weighted by atomic mass is 16.5. The molecule has 1 rings (SSSR count). The standard InChI is InChI=1S/C13H21N3O2/c1-3-18-12(8-14)7-13(17)16(2)10-11-5-4-6-15-9-11/h4-6,9,12H,3,7-8,10,14H2,1-2H3. The highest BCUT2D eigenvalue weighted by Gasteiger charge is 2.16. The van der Waals surface area contributed by atoms with Gasteiger partial charge in [0.2, 0.25) is 5.91 Å². The van der Waals surface area contributed by atoms with Gasteiger partial charge in [0.05, 0.1) is 12.5 Å². The number of nitrogens with two attached hydrogens (primary N) is 1. The predicted octanol–water partition coefficient (Wildman–Crippen LogP) is 0.794. The fourth-order valence-electron chi connectivity index (χ4n) is 1.65. The maximum absolute atomic E-state index is 12.0. The summed E-state index contributed by atoms with van der Waals surface area (Å²) < 4.78 is 5.38. The molecule has 2 N–H and O–H groups in total. The summed E-state index contributed by atoms with van der Waals surface area (Å²) in [6.45, 7) is 3.38. The van der Waals surface area contributed by atoms with Crippen LogP contribution in [0.1, 0.15) is 18.9 Å². The number of carbonyl (C=O) groups excluding carboxylic acids is 1. The van der Waals surface area contributed by atoms with Crippen LogP contribution in [0.15, 0.2) is 24.5 Å². The third-order valence-electron chi connectivity index (χ3n) is 2.64. The molecule has 0 saturated heterocycles. The maximum Gasteiger partial charge on any atom is 0.225 e. The van der Waals surface area contributed by atoms with Crippen LogP contribution in [0.5, 0.6) is 0 Å². The summed E-state index contributed by atoms with van der Waals surface area (Å²) in [6.07, 6.45) is 3.59. The van der Waals surface area contributed by atoms with Crippen molar-refractivity contribution >= 4 is 5.91 Å². The molecule has 0 fully saturated rings. The summed E-state index contributed by atoms with van der Waals surface area (Å²) >= 11 is 0. The molecule has 5 nitrogen and oxygen atoms in total. The van der Waals surface area contributed by atoms with Crippen LogP contribution in [0.2, 0.25) is 0 Å². The lowest BCUT2D eigenvalue weighted by Gasteiger charge is -2.20. The molecule has 0 bridgehead atoms. The summed E-state index contributed by atoms with van der Waals surface area (Å²) in [5, 5.41) is 0. The van der Waals surface area contributed by atoms with Crippen molar-refractivity contribution in [2.24, 2.45) is 5.73 Å². The Labute approximate surface area is 108 Å². The van der Waals surface area contributed by atoms with Crippen molar-refractivity contribution in [3.8, 4) is 0 Å². The molecule has 5 heteroatoms. The quantitative estimate of drug-likeness (QED) is 0.778. The number of carbonyl (C=O) groups is 1. The Balaban J connectivity index is 2.46. The summed E-state index contributed by atoms with van der Waals surface area (Å²) in [4.78, 5) is 17.6. The van der Waals surface area contributed by atoms with Crippen LogP contribution < -0.4 is 5.73 Å². The minimum Gasteiger partial charge on any atom is -0.377 e. The molecule has 0 spiro atoms. The Morgan fingerprint density at radius 2 is 2.39 bits per heavy atom. The van der Waals surface area contributed by atoms with E-state index in [1.165, 1.54) is 0 Å². The van der Waals surface area contributed by atoms with Gasteiger partial charge in [0.15, 0.2) is 0 Å². The zero-order valence-electron chi connectivity index (χ0n) is 11.0. The second kappa shape index (κ2) is 7.79. The molecule has 0 aliphatic carbocycles. The topological polar surface area (TPSA) is 68.5 Å². The fourth-order valence-corrected chi connectivity index (χ4v) is 1.65. The van der Waals surface area contributed by atoms with Gasteiger partial charge >= 0.3 is 0 Å². The maximum atomic E-state index is 12.0. The zero-order chi connectivity index (χ0) is 13.4. The molecular formula is C13H21N3O2. The highest BCUT2D eigenvalue weighted by Crippen LogP contribution is 2.05. The molecule has 1 unspecified atom stereocenters. The van der Waals surface area contributed by atoms with E-state index in [1.54, 1.807) is 24.3 Å². The van der Waals surface area contributed by atoms with Crippen molar-refractivity contribution in [2.45, 2.75) is 26.0 Å². The van der Waals surface area contributed by atoms with Crippen molar-refractivity contribution in [1.82, 2.24) is 9.88 Å². The van der Waals surface area contributed by atoms with Crippen LogP contribution in [-0.2, 0) is 16.1 Å². The van der Waals surface area contributed by atoms with Crippen molar-refractivity contribution < 1.29 is 9.53 Å². The molecule has 0 saturated carbocycles. The largest absolute Gasteiger partial charge is 0.377 e. The highest BCUT2D eigenvalue weighted by molar-refractivity contribution is 5.76. The van der Waals surface area contributed by atoms with E-state index in [2.05, 4.69) is 4.98 Å². The molecule has 0 aliphatic rings. The SMILES string of the molecule is CCOC(CN)CC(=O)N(C)Cc1cccnc1. The first-order valence-corrected chi connectivity index (χ1v) is 6.11. The Kier molecular flexibility index (Phi) is 6.32. The van der Waals surface area contributed by atoms with Crippen LogP contribution >= 0.6 is 0 Å². The smallest absolute Gasteiger partial charge is 0.225 e. The minimum atomic E-state index is -0.196. The Morgan fingerprint density at radius 1 is 1.61 bits per heavy atom. The average Bonchev–Trinajstić information content (AvgIpc) is 2.39. The lowest BCUT2D eigenvalue weighted by molar-refractivity contribution is -0.133. The third kappa shape index (κ3) is 4.81. The molecule has 0 aromatic carbocycles. The van der Waals surface area contributed by atoms with E-state index in [0.717, 1.165) is 5.56 Å². The van der Waals surface area contributed by atoms with Gasteiger partial charge < -0.3 is 15.4 Å². The molecular weight excluding hydrogens is 230 g/mol. The number of amides is 1. The average molecular weight is 251 g/mol. The second-order valence-electron chi connectivity index (χ2n) is 4.13. The van der Waals surface area contributed by atoms with E-state index in [9.17, 15) is 4.79 Å². The Morgan fingerprint density at radius 3 is 2.94 bits per heavy atom. The van der Waals surface area contributed by atoms with Crippen LogP contribution in [0, 0.1) is 0 Å². The summed E-state index contributed by atoms with van der Waals surface area (Å²) in [7, 11) is 1.77. The predicted molar refractivity (Wildman–Crippen MR) is 69.8 cm³/mol. The molecule has 1 amide bonds. The van der Waals surface area contributed by atoms with E-state index < -0.39 is 0 Å². The van der Waals surface area contributed by atoms with Crippen LogP contribution in [0.25, 0.3) is 0 Å². The van der Waals surface area contributed by atoms with E-state index in [-0.39, 0.29) is 12.0 Å². The number of pyridine rings is 1. The summed E-state index contributed by atoms with van der Waals surface area (Å²) in [5.41, 5.74) is 6.56. The second-order valence-corrected chi connectivity index (χ2v) is 4.13. The van der Waals surface area contributed by atoms with Gasteiger partial charge in [0, 0.05) is 39.1 Å². The van der Waals surface area contributed by atoms with E-state index in [0.29, 0.717) is 26.1 Å². The number of rotatable bonds is 7. The van der Waals surface area contributed by atoms with Gasteiger partial charge in [-0.1, -0.05) is 6.07 Å². The summed E-state index contributed by atoms with van der Waals surface area (Å²) in [6, 6.07) is 3.80. The fraction of sp³-hybridized carbons (Fsp3) is 0.538. The van der Waals surface area contributed by atoms with E-state index in [1.807, 2.05) is 19.1 Å². The first-order valence-electron chi connectivity index (χ1n) is 6.11. The molecule has 18 heavy (non-hydrogen) atoms. The van der Waals surface area contributed by atoms with Crippen molar-refractivity contribution in [3.05, 3.63) is 30.1 Å². The molecule has 1 heterocycles. The van der Waals surface area contributed by atoms with Gasteiger partial charge in [-0.05, 0) is 18.6 Å². The van der Waals surface area contributed by atoms with Gasteiger partial charge in [-0.2, -0.15) is 0 Å².